The van der Waals surface area contributed by atoms with E-state index in [2.05, 4.69) is 6.92 Å². The number of hydrogen-bond donors (Lipinski definition) is 0. The van der Waals surface area contributed by atoms with E-state index in [1.807, 2.05) is 29.2 Å². The van der Waals surface area contributed by atoms with Crippen molar-refractivity contribution in [2.45, 2.75) is 31.7 Å². The number of hydrogen-bond acceptors (Lipinski definition) is 5. The van der Waals surface area contributed by atoms with Crippen LogP contribution in [0.3, 0.4) is 0 Å². The molecule has 0 N–H and O–H groups in total. The standard InChI is InChI=1S/C26H32N2O5/c1-16-7-6-12-28(15-16)26(30)23-19-13-21(32-4)22(33-5)14-20(19)25(29)27(2)24(23)17-8-10-18(31-3)11-9-17/h8-11,13-14,16,23-24H,6-7,12,15H2,1-5H3/t16-,23+,24+/m0/s1. The van der Waals surface area contributed by atoms with Crippen molar-refractivity contribution in [2.24, 2.45) is 5.92 Å². The van der Waals surface area contributed by atoms with E-state index in [9.17, 15) is 9.59 Å². The highest BCUT2D eigenvalue weighted by Gasteiger charge is 2.45. The molecule has 7 nitrogen and oxygen atoms in total. The van der Waals surface area contributed by atoms with Gasteiger partial charge < -0.3 is 24.0 Å². The van der Waals surface area contributed by atoms with Crippen molar-refractivity contribution < 1.29 is 23.8 Å². The summed E-state index contributed by atoms with van der Waals surface area (Å²) < 4.78 is 16.3. The largest absolute Gasteiger partial charge is 0.497 e. The minimum Gasteiger partial charge on any atom is -0.497 e. The highest BCUT2D eigenvalue weighted by molar-refractivity contribution is 6.02. The van der Waals surface area contributed by atoms with E-state index in [1.165, 1.54) is 0 Å². The third-order valence-corrected chi connectivity index (χ3v) is 6.87. The second kappa shape index (κ2) is 9.33. The molecule has 4 rings (SSSR count). The van der Waals surface area contributed by atoms with Gasteiger partial charge in [-0.05, 0) is 54.2 Å². The summed E-state index contributed by atoms with van der Waals surface area (Å²) in [5.74, 6) is 1.49. The van der Waals surface area contributed by atoms with Crippen molar-refractivity contribution in [3.05, 3.63) is 53.1 Å². The van der Waals surface area contributed by atoms with Crippen molar-refractivity contribution in [3.8, 4) is 17.2 Å². The van der Waals surface area contributed by atoms with Gasteiger partial charge in [-0.15, -0.1) is 0 Å². The zero-order chi connectivity index (χ0) is 23.7. The number of rotatable bonds is 5. The van der Waals surface area contributed by atoms with E-state index in [-0.39, 0.29) is 11.8 Å². The van der Waals surface area contributed by atoms with Crippen LogP contribution in [0.25, 0.3) is 0 Å². The molecule has 0 radical (unpaired) electrons. The molecule has 176 valence electrons. The van der Waals surface area contributed by atoms with Crippen molar-refractivity contribution in [3.63, 3.8) is 0 Å². The summed E-state index contributed by atoms with van der Waals surface area (Å²) in [5, 5.41) is 0. The average Bonchev–Trinajstić information content (AvgIpc) is 2.85. The van der Waals surface area contributed by atoms with Crippen LogP contribution in [0.15, 0.2) is 36.4 Å². The van der Waals surface area contributed by atoms with E-state index in [0.717, 1.165) is 37.2 Å². The normalized spacial score (nSPS) is 22.6. The number of carbonyl (C=O) groups excluding carboxylic acids is 2. The van der Waals surface area contributed by atoms with Gasteiger partial charge in [0, 0.05) is 25.7 Å². The number of likely N-dealkylation sites (tertiary alicyclic amines) is 1. The Balaban J connectivity index is 1.87. The molecule has 2 aliphatic heterocycles. The van der Waals surface area contributed by atoms with Crippen LogP contribution in [0.5, 0.6) is 17.2 Å². The molecule has 1 fully saturated rings. The Morgan fingerprint density at radius 1 is 1.00 bits per heavy atom. The molecule has 33 heavy (non-hydrogen) atoms. The molecule has 2 heterocycles. The number of likely N-dealkylation sites (N-methyl/N-ethyl adjacent to an activating group) is 1. The molecule has 2 amide bonds. The van der Waals surface area contributed by atoms with E-state index in [0.29, 0.717) is 28.5 Å². The summed E-state index contributed by atoms with van der Waals surface area (Å²) in [6, 6.07) is 10.6. The Bertz CT molecular complexity index is 1040. The second-order valence-corrected chi connectivity index (χ2v) is 8.94. The fraction of sp³-hybridized carbons (Fsp3) is 0.462. The molecule has 2 aromatic rings. The number of nitrogens with zero attached hydrogens (tertiary/aromatic N) is 2. The number of carbonyl (C=O) groups is 2. The van der Waals surface area contributed by atoms with Gasteiger partial charge in [0.15, 0.2) is 11.5 Å². The van der Waals surface area contributed by atoms with Crippen molar-refractivity contribution in [2.75, 3.05) is 41.5 Å². The molecule has 0 aliphatic carbocycles. The number of amides is 2. The minimum absolute atomic E-state index is 0.0372. The number of piperidine rings is 1. The quantitative estimate of drug-likeness (QED) is 0.689. The Kier molecular flexibility index (Phi) is 6.49. The molecule has 3 atom stereocenters. The molecule has 2 aromatic carbocycles. The fourth-order valence-electron chi connectivity index (χ4n) is 5.12. The zero-order valence-corrected chi connectivity index (χ0v) is 20.0. The molecule has 0 unspecified atom stereocenters. The van der Waals surface area contributed by atoms with Crippen LogP contribution in [0.2, 0.25) is 0 Å². The molecule has 7 heteroatoms. The van der Waals surface area contributed by atoms with Crippen molar-refractivity contribution in [1.82, 2.24) is 9.80 Å². The number of methoxy groups -OCH3 is 3. The maximum absolute atomic E-state index is 14.1. The Labute approximate surface area is 195 Å². The van der Waals surface area contributed by atoms with E-state index in [4.69, 9.17) is 14.2 Å². The lowest BCUT2D eigenvalue weighted by Gasteiger charge is -2.43. The van der Waals surface area contributed by atoms with Gasteiger partial charge in [0.05, 0.1) is 33.3 Å². The van der Waals surface area contributed by atoms with Crippen LogP contribution >= 0.6 is 0 Å². The van der Waals surface area contributed by atoms with Crippen LogP contribution < -0.4 is 14.2 Å². The molecular weight excluding hydrogens is 420 g/mol. The first-order valence-corrected chi connectivity index (χ1v) is 11.3. The lowest BCUT2D eigenvalue weighted by Crippen LogP contribution is -2.49. The first kappa shape index (κ1) is 23.0. The maximum atomic E-state index is 14.1. The van der Waals surface area contributed by atoms with Gasteiger partial charge >= 0.3 is 0 Å². The third kappa shape index (κ3) is 4.12. The van der Waals surface area contributed by atoms with Crippen LogP contribution in [0.1, 0.15) is 53.2 Å². The van der Waals surface area contributed by atoms with Crippen LogP contribution in [0, 0.1) is 5.92 Å². The second-order valence-electron chi connectivity index (χ2n) is 8.94. The van der Waals surface area contributed by atoms with Gasteiger partial charge in [0.25, 0.3) is 5.91 Å². The molecule has 0 bridgehead atoms. The monoisotopic (exact) mass is 452 g/mol. The van der Waals surface area contributed by atoms with E-state index in [1.54, 1.807) is 45.4 Å². The summed E-state index contributed by atoms with van der Waals surface area (Å²) >= 11 is 0. The van der Waals surface area contributed by atoms with Crippen molar-refractivity contribution in [1.29, 1.82) is 0 Å². The molecular formula is C26H32N2O5. The van der Waals surface area contributed by atoms with Gasteiger partial charge in [-0.2, -0.15) is 0 Å². The predicted molar refractivity (Wildman–Crippen MR) is 125 cm³/mol. The smallest absolute Gasteiger partial charge is 0.254 e. The maximum Gasteiger partial charge on any atom is 0.254 e. The first-order chi connectivity index (χ1) is 15.9. The molecule has 0 spiro atoms. The predicted octanol–water partition coefficient (Wildman–Crippen LogP) is 3.88. The number of fused-ring (bicyclic) bond motifs is 1. The summed E-state index contributed by atoms with van der Waals surface area (Å²) in [7, 11) is 6.48. The summed E-state index contributed by atoms with van der Waals surface area (Å²) in [6.45, 7) is 3.64. The Morgan fingerprint density at radius 3 is 2.27 bits per heavy atom. The highest BCUT2D eigenvalue weighted by Crippen LogP contribution is 2.46. The average molecular weight is 453 g/mol. The zero-order valence-electron chi connectivity index (χ0n) is 20.0. The lowest BCUT2D eigenvalue weighted by molar-refractivity contribution is -0.136. The van der Waals surface area contributed by atoms with E-state index >= 15 is 0 Å². The van der Waals surface area contributed by atoms with Gasteiger partial charge in [0.1, 0.15) is 5.75 Å². The van der Waals surface area contributed by atoms with Crippen molar-refractivity contribution >= 4 is 11.8 Å². The van der Waals surface area contributed by atoms with Gasteiger partial charge in [-0.3, -0.25) is 9.59 Å². The SMILES string of the molecule is COc1ccc([C@@H]2[C@H](C(=O)N3CCC[C@H](C)C3)c3cc(OC)c(OC)cc3C(=O)N2C)cc1. The molecule has 1 saturated heterocycles. The topological polar surface area (TPSA) is 68.3 Å². The fourth-order valence-corrected chi connectivity index (χ4v) is 5.12. The molecule has 2 aliphatic rings. The van der Waals surface area contributed by atoms with Gasteiger partial charge in [-0.1, -0.05) is 19.1 Å². The first-order valence-electron chi connectivity index (χ1n) is 11.3. The highest BCUT2D eigenvalue weighted by atomic mass is 16.5. The third-order valence-electron chi connectivity index (χ3n) is 6.87. The Hall–Kier alpha value is -3.22. The van der Waals surface area contributed by atoms with Gasteiger partial charge in [0.2, 0.25) is 5.91 Å². The summed E-state index contributed by atoms with van der Waals surface area (Å²) in [4.78, 5) is 31.2. The van der Waals surface area contributed by atoms with Crippen LogP contribution in [-0.2, 0) is 4.79 Å². The summed E-state index contributed by atoms with van der Waals surface area (Å²) in [5.41, 5.74) is 2.04. The van der Waals surface area contributed by atoms with E-state index < -0.39 is 12.0 Å². The lowest BCUT2D eigenvalue weighted by atomic mass is 9.78. The van der Waals surface area contributed by atoms with Crippen LogP contribution in [-0.4, -0.2) is 63.1 Å². The minimum atomic E-state index is -0.554. The number of ether oxygens (including phenoxy) is 3. The van der Waals surface area contributed by atoms with Gasteiger partial charge in [-0.25, -0.2) is 0 Å². The van der Waals surface area contributed by atoms with Crippen LogP contribution in [0.4, 0.5) is 0 Å². The Morgan fingerprint density at radius 2 is 1.67 bits per heavy atom. The number of benzene rings is 2. The summed E-state index contributed by atoms with van der Waals surface area (Å²) in [6.07, 6.45) is 2.11. The molecule has 0 saturated carbocycles. The molecule has 0 aromatic heterocycles.